The average Bonchev–Trinajstić information content (AvgIpc) is 2.93. The summed E-state index contributed by atoms with van der Waals surface area (Å²) >= 11 is 18.2. The van der Waals surface area contributed by atoms with Gasteiger partial charge >= 0.3 is 0 Å². The van der Waals surface area contributed by atoms with Gasteiger partial charge in [0, 0.05) is 23.6 Å². The van der Waals surface area contributed by atoms with Crippen LogP contribution in [0.2, 0.25) is 15.1 Å². The molecule has 136 valence electrons. The van der Waals surface area contributed by atoms with E-state index in [2.05, 4.69) is 16.5 Å². The molecule has 0 aliphatic heterocycles. The molecule has 3 rings (SSSR count). The van der Waals surface area contributed by atoms with Crippen LogP contribution < -0.4 is 0 Å². The number of carbonyl (C=O) groups excluding carboxylic acids is 1. The van der Waals surface area contributed by atoms with Crippen LogP contribution in [-0.2, 0) is 13.1 Å². The Labute approximate surface area is 167 Å². The van der Waals surface area contributed by atoms with E-state index < -0.39 is 0 Å². The van der Waals surface area contributed by atoms with E-state index in [0.29, 0.717) is 27.2 Å². The summed E-state index contributed by atoms with van der Waals surface area (Å²) in [6, 6.07) is 10.5. The molecule has 1 amide bonds. The number of imidazole rings is 1. The largest absolute Gasteiger partial charge is 0.334 e. The van der Waals surface area contributed by atoms with E-state index in [1.807, 2.05) is 18.2 Å². The molecule has 0 saturated carbocycles. The van der Waals surface area contributed by atoms with Crippen LogP contribution in [0.15, 0.2) is 36.4 Å². The van der Waals surface area contributed by atoms with Crippen molar-refractivity contribution in [3.8, 4) is 0 Å². The van der Waals surface area contributed by atoms with Crippen LogP contribution in [0.25, 0.3) is 11.0 Å². The molecule has 4 nitrogen and oxygen atoms in total. The molecule has 0 N–H and O–H groups in total. The van der Waals surface area contributed by atoms with Gasteiger partial charge in [-0.15, -0.1) is 0 Å². The first-order chi connectivity index (χ1) is 12.4. The summed E-state index contributed by atoms with van der Waals surface area (Å²) in [4.78, 5) is 19.0. The zero-order valence-electron chi connectivity index (χ0n) is 14.5. The Hall–Kier alpha value is -1.75. The lowest BCUT2D eigenvalue weighted by molar-refractivity contribution is 0.0780. The first kappa shape index (κ1) is 19.0. The second-order valence-corrected chi connectivity index (χ2v) is 7.38. The normalized spacial score (nSPS) is 11.1. The fourth-order valence-electron chi connectivity index (χ4n) is 2.90. The van der Waals surface area contributed by atoms with Crippen molar-refractivity contribution in [1.82, 2.24) is 14.5 Å². The lowest BCUT2D eigenvalue weighted by atomic mass is 10.2. The third kappa shape index (κ3) is 3.83. The van der Waals surface area contributed by atoms with Crippen molar-refractivity contribution in [3.05, 3.63) is 62.9 Å². The van der Waals surface area contributed by atoms with Crippen molar-refractivity contribution in [2.24, 2.45) is 0 Å². The van der Waals surface area contributed by atoms with Crippen molar-refractivity contribution in [2.45, 2.75) is 26.4 Å². The smallest absolute Gasteiger partial charge is 0.255 e. The number of halogens is 3. The van der Waals surface area contributed by atoms with Crippen molar-refractivity contribution in [3.63, 3.8) is 0 Å². The zero-order chi connectivity index (χ0) is 18.8. The standard InChI is InChI=1S/C19H18Cl3N3O/c1-3-8-25-17-7-5-13(21)10-16(17)23-18(25)11-24(2)19(26)14-9-12(20)4-6-15(14)22/h4-7,9-10H,3,8,11H2,1-2H3. The van der Waals surface area contributed by atoms with Gasteiger partial charge in [-0.3, -0.25) is 4.79 Å². The number of aryl methyl sites for hydroxylation is 1. The minimum absolute atomic E-state index is 0.203. The fraction of sp³-hybridized carbons (Fsp3) is 0.263. The molecule has 3 aromatic rings. The minimum Gasteiger partial charge on any atom is -0.334 e. The number of benzene rings is 2. The van der Waals surface area contributed by atoms with Crippen molar-refractivity contribution >= 4 is 51.7 Å². The van der Waals surface area contributed by atoms with E-state index in [4.69, 9.17) is 34.8 Å². The highest BCUT2D eigenvalue weighted by Gasteiger charge is 2.19. The second kappa shape index (κ2) is 7.87. The number of amides is 1. The zero-order valence-corrected chi connectivity index (χ0v) is 16.7. The lowest BCUT2D eigenvalue weighted by Gasteiger charge is -2.18. The Balaban J connectivity index is 1.93. The number of hydrogen-bond donors (Lipinski definition) is 0. The Morgan fingerprint density at radius 1 is 1.12 bits per heavy atom. The van der Waals surface area contributed by atoms with E-state index in [9.17, 15) is 4.79 Å². The topological polar surface area (TPSA) is 38.1 Å². The van der Waals surface area contributed by atoms with Gasteiger partial charge in [0.15, 0.2) is 0 Å². The fourth-order valence-corrected chi connectivity index (χ4v) is 3.43. The molecule has 26 heavy (non-hydrogen) atoms. The molecular formula is C19H18Cl3N3O. The predicted molar refractivity (Wildman–Crippen MR) is 107 cm³/mol. The van der Waals surface area contributed by atoms with Crippen LogP contribution in [0.5, 0.6) is 0 Å². The van der Waals surface area contributed by atoms with Gasteiger partial charge in [0.2, 0.25) is 0 Å². The first-order valence-corrected chi connectivity index (χ1v) is 9.39. The Kier molecular flexibility index (Phi) is 5.76. The third-order valence-electron chi connectivity index (χ3n) is 4.12. The van der Waals surface area contributed by atoms with Crippen LogP contribution >= 0.6 is 34.8 Å². The molecule has 7 heteroatoms. The quantitative estimate of drug-likeness (QED) is 0.543. The van der Waals surface area contributed by atoms with Crippen molar-refractivity contribution in [2.75, 3.05) is 7.05 Å². The van der Waals surface area contributed by atoms with Crippen molar-refractivity contribution in [1.29, 1.82) is 0 Å². The molecule has 0 bridgehead atoms. The van der Waals surface area contributed by atoms with E-state index in [0.717, 1.165) is 29.8 Å². The molecule has 0 saturated heterocycles. The number of nitrogens with zero attached hydrogens (tertiary/aromatic N) is 3. The summed E-state index contributed by atoms with van der Waals surface area (Å²) < 4.78 is 2.12. The SMILES string of the molecule is CCCn1c(CN(C)C(=O)c2cc(Cl)ccc2Cl)nc2cc(Cl)ccc21. The lowest BCUT2D eigenvalue weighted by Crippen LogP contribution is -2.28. The first-order valence-electron chi connectivity index (χ1n) is 8.26. The van der Waals surface area contributed by atoms with Crippen LogP contribution in [0.3, 0.4) is 0 Å². The molecule has 0 fully saturated rings. The van der Waals surface area contributed by atoms with Gasteiger partial charge in [0.05, 0.1) is 28.2 Å². The summed E-state index contributed by atoms with van der Waals surface area (Å²) in [6.45, 7) is 3.27. The van der Waals surface area contributed by atoms with E-state index in [1.54, 1.807) is 30.1 Å². The number of hydrogen-bond acceptors (Lipinski definition) is 2. The van der Waals surface area contributed by atoms with Crippen LogP contribution in [0.4, 0.5) is 0 Å². The number of fused-ring (bicyclic) bond motifs is 1. The maximum Gasteiger partial charge on any atom is 0.255 e. The molecule has 0 spiro atoms. The van der Waals surface area contributed by atoms with Crippen LogP contribution in [0, 0.1) is 0 Å². The van der Waals surface area contributed by atoms with Crippen molar-refractivity contribution < 1.29 is 4.79 Å². The van der Waals surface area contributed by atoms with Crippen LogP contribution in [-0.4, -0.2) is 27.4 Å². The molecule has 0 atom stereocenters. The van der Waals surface area contributed by atoms with Crippen LogP contribution in [0.1, 0.15) is 29.5 Å². The number of aromatic nitrogens is 2. The maximum absolute atomic E-state index is 12.8. The minimum atomic E-state index is -0.203. The third-order valence-corrected chi connectivity index (χ3v) is 4.92. The average molecular weight is 411 g/mol. The maximum atomic E-state index is 12.8. The Morgan fingerprint density at radius 3 is 2.54 bits per heavy atom. The van der Waals surface area contributed by atoms with Gasteiger partial charge in [-0.1, -0.05) is 41.7 Å². The molecule has 0 radical (unpaired) electrons. The van der Waals surface area contributed by atoms with Gasteiger partial charge < -0.3 is 9.47 Å². The summed E-state index contributed by atoms with van der Waals surface area (Å²) in [6.07, 6.45) is 0.957. The highest BCUT2D eigenvalue weighted by Crippen LogP contribution is 2.24. The van der Waals surface area contributed by atoms with Gasteiger partial charge in [-0.05, 0) is 42.8 Å². The monoisotopic (exact) mass is 409 g/mol. The molecule has 1 aromatic heterocycles. The summed E-state index contributed by atoms with van der Waals surface area (Å²) in [5, 5.41) is 1.49. The molecule has 2 aromatic carbocycles. The number of carbonyl (C=O) groups is 1. The molecular weight excluding hydrogens is 393 g/mol. The Bertz CT molecular complexity index is 968. The molecule has 0 aliphatic carbocycles. The summed E-state index contributed by atoms with van der Waals surface area (Å²) in [5.74, 6) is 0.601. The number of rotatable bonds is 5. The molecule has 0 unspecified atom stereocenters. The molecule has 1 heterocycles. The van der Waals surface area contributed by atoms with Gasteiger partial charge in [0.1, 0.15) is 5.82 Å². The van der Waals surface area contributed by atoms with E-state index in [1.165, 1.54) is 0 Å². The van der Waals surface area contributed by atoms with E-state index in [-0.39, 0.29) is 5.91 Å². The van der Waals surface area contributed by atoms with Gasteiger partial charge in [-0.2, -0.15) is 0 Å². The molecule has 0 aliphatic rings. The Morgan fingerprint density at radius 2 is 1.81 bits per heavy atom. The predicted octanol–water partition coefficient (Wildman–Crippen LogP) is 5.68. The highest BCUT2D eigenvalue weighted by atomic mass is 35.5. The summed E-state index contributed by atoms with van der Waals surface area (Å²) in [7, 11) is 1.72. The highest BCUT2D eigenvalue weighted by molar-refractivity contribution is 6.35. The summed E-state index contributed by atoms with van der Waals surface area (Å²) in [5.41, 5.74) is 2.21. The van der Waals surface area contributed by atoms with Gasteiger partial charge in [0.25, 0.3) is 5.91 Å². The van der Waals surface area contributed by atoms with Gasteiger partial charge in [-0.25, -0.2) is 4.98 Å². The second-order valence-electron chi connectivity index (χ2n) is 6.10. The van der Waals surface area contributed by atoms with E-state index >= 15 is 0 Å².